The second-order valence-corrected chi connectivity index (χ2v) is 5.11. The van der Waals surface area contributed by atoms with Gasteiger partial charge >= 0.3 is 0 Å². The third-order valence-electron chi connectivity index (χ3n) is 4.15. The molecular formula is C15H24. The zero-order valence-electron chi connectivity index (χ0n) is 10.0. The van der Waals surface area contributed by atoms with Crippen molar-refractivity contribution in [3.8, 4) is 0 Å². The molecule has 0 N–H and O–H groups in total. The monoisotopic (exact) mass is 204 g/mol. The Morgan fingerprint density at radius 2 is 2.07 bits per heavy atom. The molecule has 2 rings (SSSR count). The van der Waals surface area contributed by atoms with E-state index >= 15 is 0 Å². The third-order valence-corrected chi connectivity index (χ3v) is 4.15. The first-order valence-electron chi connectivity index (χ1n) is 6.78. The Morgan fingerprint density at radius 1 is 1.13 bits per heavy atom. The topological polar surface area (TPSA) is 0 Å². The van der Waals surface area contributed by atoms with Crippen molar-refractivity contribution in [2.75, 3.05) is 0 Å². The van der Waals surface area contributed by atoms with E-state index in [0.717, 1.165) is 11.8 Å². The molecule has 2 aliphatic carbocycles. The summed E-state index contributed by atoms with van der Waals surface area (Å²) in [5, 5.41) is 0. The number of fused-ring (bicyclic) bond motifs is 1. The zero-order chi connectivity index (χ0) is 10.5. The van der Waals surface area contributed by atoms with Gasteiger partial charge in [-0.2, -0.15) is 0 Å². The lowest BCUT2D eigenvalue weighted by Crippen LogP contribution is -2.02. The van der Waals surface area contributed by atoms with Crippen molar-refractivity contribution >= 4 is 0 Å². The maximum absolute atomic E-state index is 2.44. The van der Waals surface area contributed by atoms with E-state index in [9.17, 15) is 0 Å². The SMILES string of the molecule is CCC1CCC2CCCCC/C=C\C=C\12. The van der Waals surface area contributed by atoms with Gasteiger partial charge in [0, 0.05) is 0 Å². The Kier molecular flexibility index (Phi) is 4.05. The fraction of sp³-hybridized carbons (Fsp3) is 0.733. The van der Waals surface area contributed by atoms with Gasteiger partial charge in [-0.1, -0.05) is 43.6 Å². The predicted octanol–water partition coefficient (Wildman–Crippen LogP) is 4.87. The molecule has 0 bridgehead atoms. The lowest BCUT2D eigenvalue weighted by molar-refractivity contribution is 0.520. The minimum absolute atomic E-state index is 0.902. The molecule has 0 heterocycles. The van der Waals surface area contributed by atoms with Crippen molar-refractivity contribution in [2.45, 2.75) is 58.3 Å². The molecule has 0 aliphatic heterocycles. The van der Waals surface area contributed by atoms with Crippen LogP contribution >= 0.6 is 0 Å². The van der Waals surface area contributed by atoms with Crippen LogP contribution in [0.1, 0.15) is 58.3 Å². The van der Waals surface area contributed by atoms with E-state index < -0.39 is 0 Å². The summed E-state index contributed by atoms with van der Waals surface area (Å²) >= 11 is 0. The Morgan fingerprint density at radius 3 is 2.93 bits per heavy atom. The second kappa shape index (κ2) is 5.53. The van der Waals surface area contributed by atoms with Crippen molar-refractivity contribution < 1.29 is 0 Å². The molecule has 1 saturated carbocycles. The molecule has 0 spiro atoms. The molecule has 0 heteroatoms. The molecule has 15 heavy (non-hydrogen) atoms. The number of hydrogen-bond acceptors (Lipinski definition) is 0. The normalized spacial score (nSPS) is 37.8. The zero-order valence-corrected chi connectivity index (χ0v) is 10.0. The van der Waals surface area contributed by atoms with Gasteiger partial charge in [0.05, 0.1) is 0 Å². The molecule has 84 valence electrons. The maximum atomic E-state index is 2.44. The molecule has 0 radical (unpaired) electrons. The minimum atomic E-state index is 0.902. The van der Waals surface area contributed by atoms with E-state index in [2.05, 4.69) is 25.2 Å². The average molecular weight is 204 g/mol. The highest BCUT2D eigenvalue weighted by Crippen LogP contribution is 2.41. The van der Waals surface area contributed by atoms with E-state index in [1.165, 1.54) is 51.4 Å². The fourth-order valence-corrected chi connectivity index (χ4v) is 3.20. The van der Waals surface area contributed by atoms with Crippen molar-refractivity contribution in [1.82, 2.24) is 0 Å². The molecule has 2 aliphatic rings. The van der Waals surface area contributed by atoms with Crippen LogP contribution in [0.2, 0.25) is 0 Å². The van der Waals surface area contributed by atoms with Crippen LogP contribution in [0.3, 0.4) is 0 Å². The Balaban J connectivity index is 2.10. The summed E-state index contributed by atoms with van der Waals surface area (Å²) in [5.74, 6) is 1.83. The van der Waals surface area contributed by atoms with Gasteiger partial charge in [0.2, 0.25) is 0 Å². The molecule has 0 aromatic heterocycles. The number of rotatable bonds is 1. The van der Waals surface area contributed by atoms with Crippen LogP contribution in [0.15, 0.2) is 23.8 Å². The number of allylic oxidation sites excluding steroid dienone is 4. The molecule has 1 fully saturated rings. The Hall–Kier alpha value is -0.520. The number of hydrogen-bond donors (Lipinski definition) is 0. The Labute approximate surface area is 94.5 Å². The van der Waals surface area contributed by atoms with Gasteiger partial charge in [0.25, 0.3) is 0 Å². The summed E-state index contributed by atoms with van der Waals surface area (Å²) in [7, 11) is 0. The smallest absolute Gasteiger partial charge is 0.0197 e. The summed E-state index contributed by atoms with van der Waals surface area (Å²) < 4.78 is 0. The van der Waals surface area contributed by atoms with Gasteiger partial charge in [0.15, 0.2) is 0 Å². The lowest BCUT2D eigenvalue weighted by Gasteiger charge is -2.16. The summed E-state index contributed by atoms with van der Waals surface area (Å²) in [4.78, 5) is 0. The third kappa shape index (κ3) is 2.74. The molecule has 0 aromatic rings. The molecule has 2 atom stereocenters. The first-order chi connectivity index (χ1) is 7.42. The van der Waals surface area contributed by atoms with Gasteiger partial charge in [-0.3, -0.25) is 0 Å². The molecule has 0 amide bonds. The van der Waals surface area contributed by atoms with Crippen molar-refractivity contribution in [3.63, 3.8) is 0 Å². The molecule has 0 aromatic carbocycles. The van der Waals surface area contributed by atoms with Crippen molar-refractivity contribution in [2.24, 2.45) is 11.8 Å². The summed E-state index contributed by atoms with van der Waals surface area (Å²) in [6, 6.07) is 0. The predicted molar refractivity (Wildman–Crippen MR) is 66.8 cm³/mol. The van der Waals surface area contributed by atoms with Gasteiger partial charge in [0.1, 0.15) is 0 Å². The van der Waals surface area contributed by atoms with Crippen LogP contribution in [-0.4, -0.2) is 0 Å². The maximum Gasteiger partial charge on any atom is -0.0197 e. The fourth-order valence-electron chi connectivity index (χ4n) is 3.20. The van der Waals surface area contributed by atoms with E-state index in [4.69, 9.17) is 0 Å². The van der Waals surface area contributed by atoms with Crippen LogP contribution in [0, 0.1) is 11.8 Å². The van der Waals surface area contributed by atoms with Crippen molar-refractivity contribution in [1.29, 1.82) is 0 Å². The second-order valence-electron chi connectivity index (χ2n) is 5.11. The van der Waals surface area contributed by atoms with E-state index in [1.54, 1.807) is 5.57 Å². The lowest BCUT2D eigenvalue weighted by atomic mass is 9.90. The van der Waals surface area contributed by atoms with Crippen LogP contribution in [-0.2, 0) is 0 Å². The molecule has 2 unspecified atom stereocenters. The van der Waals surface area contributed by atoms with E-state index in [-0.39, 0.29) is 0 Å². The first-order valence-corrected chi connectivity index (χ1v) is 6.78. The molecule has 0 saturated heterocycles. The first kappa shape index (κ1) is 11.0. The highest BCUT2D eigenvalue weighted by Gasteiger charge is 2.27. The van der Waals surface area contributed by atoms with Gasteiger partial charge in [-0.25, -0.2) is 0 Å². The van der Waals surface area contributed by atoms with Crippen LogP contribution in [0.5, 0.6) is 0 Å². The highest BCUT2D eigenvalue weighted by atomic mass is 14.3. The summed E-state index contributed by atoms with van der Waals surface area (Å²) in [5.41, 5.74) is 1.77. The largest absolute Gasteiger partial charge is 0.0845 e. The summed E-state index contributed by atoms with van der Waals surface area (Å²) in [6.45, 7) is 2.34. The van der Waals surface area contributed by atoms with Crippen LogP contribution < -0.4 is 0 Å². The van der Waals surface area contributed by atoms with Gasteiger partial charge in [-0.05, 0) is 50.4 Å². The van der Waals surface area contributed by atoms with Crippen LogP contribution in [0.25, 0.3) is 0 Å². The average Bonchev–Trinajstić information content (AvgIpc) is 2.66. The minimum Gasteiger partial charge on any atom is -0.0845 e. The van der Waals surface area contributed by atoms with Crippen LogP contribution in [0.4, 0.5) is 0 Å². The van der Waals surface area contributed by atoms with E-state index in [1.807, 2.05) is 0 Å². The molecular weight excluding hydrogens is 180 g/mol. The molecule has 0 nitrogen and oxygen atoms in total. The van der Waals surface area contributed by atoms with Gasteiger partial charge in [-0.15, -0.1) is 0 Å². The summed E-state index contributed by atoms with van der Waals surface area (Å²) in [6.07, 6.45) is 18.4. The highest BCUT2D eigenvalue weighted by molar-refractivity contribution is 5.21. The van der Waals surface area contributed by atoms with Crippen molar-refractivity contribution in [3.05, 3.63) is 23.8 Å². The quantitative estimate of drug-likeness (QED) is 0.571. The van der Waals surface area contributed by atoms with Gasteiger partial charge < -0.3 is 0 Å². The Bertz CT molecular complexity index is 247. The van der Waals surface area contributed by atoms with E-state index in [0.29, 0.717) is 0 Å². The standard InChI is InChI=1S/C15H24/c1-2-13-11-12-14-9-7-5-3-4-6-8-10-15(13)14/h6,8,10,13-14H,2-5,7,9,11-12H2,1H3/b8-6-,15-10-.